The summed E-state index contributed by atoms with van der Waals surface area (Å²) in [6.07, 6.45) is 5.13. The second kappa shape index (κ2) is 3.56. The van der Waals surface area contributed by atoms with Gasteiger partial charge in [0.15, 0.2) is 0 Å². The Labute approximate surface area is 67.7 Å². The highest BCUT2D eigenvalue weighted by molar-refractivity contribution is 5.87. The monoisotopic (exact) mass is 153 g/mol. The van der Waals surface area contributed by atoms with Crippen LogP contribution in [0.25, 0.3) is 0 Å². The molecule has 1 N–H and O–H groups in total. The lowest BCUT2D eigenvalue weighted by atomic mass is 10.1. The summed E-state index contributed by atoms with van der Waals surface area (Å²) in [5.74, 6) is 0.813. The molecule has 11 heavy (non-hydrogen) atoms. The topological polar surface area (TPSA) is 29.1 Å². The van der Waals surface area contributed by atoms with Gasteiger partial charge in [0, 0.05) is 6.04 Å². The van der Waals surface area contributed by atoms with Crippen molar-refractivity contribution in [2.24, 2.45) is 5.92 Å². The Morgan fingerprint density at radius 3 is 2.91 bits per heavy atom. The third-order valence-corrected chi connectivity index (χ3v) is 1.96. The molecule has 0 spiro atoms. The van der Waals surface area contributed by atoms with Crippen molar-refractivity contribution in [3.05, 3.63) is 12.7 Å². The van der Waals surface area contributed by atoms with Gasteiger partial charge in [-0.1, -0.05) is 19.4 Å². The van der Waals surface area contributed by atoms with Gasteiger partial charge in [0.1, 0.15) is 0 Å². The van der Waals surface area contributed by atoms with Crippen molar-refractivity contribution in [3.8, 4) is 0 Å². The maximum atomic E-state index is 10.8. The van der Waals surface area contributed by atoms with E-state index in [2.05, 4.69) is 11.9 Å². The number of carbonyl (C=O) groups excluding carboxylic acids is 1. The molecule has 0 aromatic heterocycles. The Morgan fingerprint density at radius 2 is 2.45 bits per heavy atom. The van der Waals surface area contributed by atoms with Crippen LogP contribution in [0.1, 0.15) is 26.2 Å². The van der Waals surface area contributed by atoms with Gasteiger partial charge in [-0.15, -0.1) is 0 Å². The summed E-state index contributed by atoms with van der Waals surface area (Å²) in [6, 6.07) is 0.313. The molecular weight excluding hydrogens is 138 g/mol. The molecule has 1 rings (SSSR count). The molecule has 1 atom stereocenters. The summed E-state index contributed by atoms with van der Waals surface area (Å²) in [5.41, 5.74) is 0. The average molecular weight is 153 g/mol. The molecule has 0 aromatic rings. The minimum Gasteiger partial charge on any atom is -0.350 e. The molecule has 0 aliphatic heterocycles. The van der Waals surface area contributed by atoms with Crippen LogP contribution in [-0.4, -0.2) is 11.9 Å². The summed E-state index contributed by atoms with van der Waals surface area (Å²) in [4.78, 5) is 10.8. The van der Waals surface area contributed by atoms with Gasteiger partial charge in [-0.3, -0.25) is 4.79 Å². The van der Waals surface area contributed by atoms with E-state index in [1.165, 1.54) is 18.9 Å². The molecule has 1 aliphatic rings. The highest BCUT2D eigenvalue weighted by Crippen LogP contribution is 2.33. The van der Waals surface area contributed by atoms with Crippen molar-refractivity contribution >= 4 is 5.91 Å². The standard InChI is InChI=1S/C9H15NO/c1-3-9(11)10-7(2)6-8-4-5-8/h3,7-8H,1,4-6H2,2H3,(H,10,11)/t7-/m1/s1. The zero-order valence-corrected chi connectivity index (χ0v) is 6.97. The van der Waals surface area contributed by atoms with Crippen LogP contribution >= 0.6 is 0 Å². The van der Waals surface area contributed by atoms with Crippen LogP contribution in [-0.2, 0) is 4.79 Å². The number of nitrogens with one attached hydrogen (secondary N) is 1. The van der Waals surface area contributed by atoms with Crippen molar-refractivity contribution in [1.29, 1.82) is 0 Å². The molecule has 1 amide bonds. The average Bonchev–Trinajstić information content (AvgIpc) is 2.71. The van der Waals surface area contributed by atoms with E-state index >= 15 is 0 Å². The Bertz CT molecular complexity index is 161. The Kier molecular flexibility index (Phi) is 2.69. The van der Waals surface area contributed by atoms with E-state index in [0.29, 0.717) is 6.04 Å². The Morgan fingerprint density at radius 1 is 1.82 bits per heavy atom. The van der Waals surface area contributed by atoms with E-state index in [4.69, 9.17) is 0 Å². The van der Waals surface area contributed by atoms with Crippen LogP contribution in [0, 0.1) is 5.92 Å². The van der Waals surface area contributed by atoms with Crippen LogP contribution < -0.4 is 5.32 Å². The number of carbonyl (C=O) groups is 1. The second-order valence-corrected chi connectivity index (χ2v) is 3.29. The lowest BCUT2D eigenvalue weighted by Gasteiger charge is -2.10. The predicted molar refractivity (Wildman–Crippen MR) is 45.1 cm³/mol. The highest BCUT2D eigenvalue weighted by Gasteiger charge is 2.23. The van der Waals surface area contributed by atoms with Crippen molar-refractivity contribution in [2.75, 3.05) is 0 Å². The van der Waals surface area contributed by atoms with Gasteiger partial charge in [0.2, 0.25) is 5.91 Å². The quantitative estimate of drug-likeness (QED) is 0.609. The SMILES string of the molecule is C=CC(=O)N[C@H](C)CC1CC1. The molecule has 0 unspecified atom stereocenters. The molecule has 0 aromatic carbocycles. The maximum Gasteiger partial charge on any atom is 0.243 e. The fourth-order valence-corrected chi connectivity index (χ4v) is 1.21. The van der Waals surface area contributed by atoms with Crippen LogP contribution in [0.2, 0.25) is 0 Å². The fraction of sp³-hybridized carbons (Fsp3) is 0.667. The summed E-state index contributed by atoms with van der Waals surface area (Å²) in [6.45, 7) is 5.44. The molecule has 0 saturated heterocycles. The van der Waals surface area contributed by atoms with Gasteiger partial charge in [-0.2, -0.15) is 0 Å². The van der Waals surface area contributed by atoms with Gasteiger partial charge in [-0.25, -0.2) is 0 Å². The van der Waals surface area contributed by atoms with Crippen LogP contribution in [0.15, 0.2) is 12.7 Å². The van der Waals surface area contributed by atoms with Gasteiger partial charge < -0.3 is 5.32 Å². The van der Waals surface area contributed by atoms with Gasteiger partial charge >= 0.3 is 0 Å². The molecule has 0 heterocycles. The second-order valence-electron chi connectivity index (χ2n) is 3.29. The smallest absolute Gasteiger partial charge is 0.243 e. The lowest BCUT2D eigenvalue weighted by Crippen LogP contribution is -2.31. The van der Waals surface area contributed by atoms with Crippen molar-refractivity contribution in [1.82, 2.24) is 5.32 Å². The van der Waals surface area contributed by atoms with Crippen LogP contribution in [0.4, 0.5) is 0 Å². The minimum atomic E-state index is -0.0573. The van der Waals surface area contributed by atoms with Crippen molar-refractivity contribution < 1.29 is 4.79 Å². The largest absolute Gasteiger partial charge is 0.350 e. The summed E-state index contributed by atoms with van der Waals surface area (Å²) in [5, 5.41) is 2.84. The normalized spacial score (nSPS) is 19.0. The molecule has 2 heteroatoms. The lowest BCUT2D eigenvalue weighted by molar-refractivity contribution is -0.117. The fourth-order valence-electron chi connectivity index (χ4n) is 1.21. The van der Waals surface area contributed by atoms with E-state index in [-0.39, 0.29) is 5.91 Å². The number of rotatable bonds is 4. The van der Waals surface area contributed by atoms with Crippen LogP contribution in [0.3, 0.4) is 0 Å². The molecule has 1 fully saturated rings. The predicted octanol–water partition coefficient (Wildman–Crippen LogP) is 1.48. The van der Waals surface area contributed by atoms with Crippen molar-refractivity contribution in [3.63, 3.8) is 0 Å². The van der Waals surface area contributed by atoms with E-state index in [0.717, 1.165) is 12.3 Å². The third-order valence-electron chi connectivity index (χ3n) is 1.96. The van der Waals surface area contributed by atoms with E-state index in [1.807, 2.05) is 6.92 Å². The Balaban J connectivity index is 2.13. The first-order chi connectivity index (χ1) is 5.22. The summed E-state index contributed by atoms with van der Waals surface area (Å²) in [7, 11) is 0. The first kappa shape index (κ1) is 8.31. The molecule has 0 bridgehead atoms. The molecule has 0 radical (unpaired) electrons. The van der Waals surface area contributed by atoms with Gasteiger partial charge in [-0.05, 0) is 25.3 Å². The molecule has 62 valence electrons. The Hall–Kier alpha value is -0.790. The van der Waals surface area contributed by atoms with Gasteiger partial charge in [0.25, 0.3) is 0 Å². The number of hydrogen-bond donors (Lipinski definition) is 1. The zero-order valence-electron chi connectivity index (χ0n) is 6.97. The first-order valence-corrected chi connectivity index (χ1v) is 4.15. The third kappa shape index (κ3) is 3.21. The van der Waals surface area contributed by atoms with E-state index in [1.54, 1.807) is 0 Å². The molecule has 1 aliphatic carbocycles. The summed E-state index contributed by atoms with van der Waals surface area (Å²) < 4.78 is 0. The highest BCUT2D eigenvalue weighted by atomic mass is 16.1. The number of amides is 1. The van der Waals surface area contributed by atoms with E-state index in [9.17, 15) is 4.79 Å². The first-order valence-electron chi connectivity index (χ1n) is 4.15. The minimum absolute atomic E-state index is 0.0573. The number of hydrogen-bond acceptors (Lipinski definition) is 1. The van der Waals surface area contributed by atoms with Crippen molar-refractivity contribution in [2.45, 2.75) is 32.2 Å². The maximum absolute atomic E-state index is 10.8. The molecule has 1 saturated carbocycles. The molecular formula is C9H15NO. The van der Waals surface area contributed by atoms with E-state index < -0.39 is 0 Å². The van der Waals surface area contributed by atoms with Gasteiger partial charge in [0.05, 0.1) is 0 Å². The zero-order chi connectivity index (χ0) is 8.27. The molecule has 2 nitrogen and oxygen atoms in total. The summed E-state index contributed by atoms with van der Waals surface area (Å²) >= 11 is 0. The van der Waals surface area contributed by atoms with Crippen LogP contribution in [0.5, 0.6) is 0 Å².